The molecule has 0 bridgehead atoms. The Hall–Kier alpha value is -4.01. The molecule has 0 aliphatic rings. The van der Waals surface area contributed by atoms with Gasteiger partial charge in [0.2, 0.25) is 0 Å². The maximum absolute atomic E-state index is 12.6. The molecular formula is C28H27F3N2O4. The van der Waals surface area contributed by atoms with Gasteiger partial charge in [-0.25, -0.2) is 9.78 Å². The molecule has 0 amide bonds. The Labute approximate surface area is 212 Å². The number of nitrogens with zero attached hydrogens (tertiary/aromatic N) is 2. The molecule has 0 aliphatic heterocycles. The zero-order chi connectivity index (χ0) is 26.4. The minimum Gasteiger partial charge on any atom is -0.479 e. The minimum absolute atomic E-state index is 0.305. The number of carbonyl (C=O) groups is 1. The van der Waals surface area contributed by atoms with E-state index in [0.717, 1.165) is 29.4 Å². The fourth-order valence-corrected chi connectivity index (χ4v) is 4.16. The summed E-state index contributed by atoms with van der Waals surface area (Å²) in [6.45, 7) is 2.49. The summed E-state index contributed by atoms with van der Waals surface area (Å²) in [5, 5.41) is 9.59. The van der Waals surface area contributed by atoms with Crippen molar-refractivity contribution in [2.45, 2.75) is 51.6 Å². The van der Waals surface area contributed by atoms with E-state index in [-0.39, 0.29) is 5.75 Å². The van der Waals surface area contributed by atoms with Crippen molar-refractivity contribution in [2.24, 2.45) is 0 Å². The van der Waals surface area contributed by atoms with Crippen LogP contribution in [0.4, 0.5) is 13.2 Å². The van der Waals surface area contributed by atoms with Crippen LogP contribution in [0.15, 0.2) is 72.8 Å². The fraction of sp³-hybridized carbons (Fsp3) is 0.286. The molecule has 0 aliphatic carbocycles. The maximum Gasteiger partial charge on any atom is 0.573 e. The van der Waals surface area contributed by atoms with Crippen LogP contribution >= 0.6 is 0 Å². The minimum atomic E-state index is -4.76. The van der Waals surface area contributed by atoms with Crippen molar-refractivity contribution in [2.75, 3.05) is 0 Å². The quantitative estimate of drug-likeness (QED) is 0.238. The highest BCUT2D eigenvalue weighted by Crippen LogP contribution is 2.30. The molecule has 4 aromatic rings. The van der Waals surface area contributed by atoms with E-state index in [9.17, 15) is 23.1 Å². The summed E-state index contributed by atoms with van der Waals surface area (Å²) in [5.41, 5.74) is 3.12. The first-order valence-corrected chi connectivity index (χ1v) is 12.0. The van der Waals surface area contributed by atoms with Crippen LogP contribution in [0.5, 0.6) is 11.5 Å². The Kier molecular flexibility index (Phi) is 8.01. The van der Waals surface area contributed by atoms with Gasteiger partial charge in [0.25, 0.3) is 0 Å². The third-order valence-electron chi connectivity index (χ3n) is 5.94. The SMILES string of the molecule is CCCCC(Oc1ccccc1CCn1c(-c2ccc(OC(F)(F)F)cc2)nc2ccccc21)C(=O)O. The van der Waals surface area contributed by atoms with Crippen molar-refractivity contribution >= 4 is 17.0 Å². The average molecular weight is 513 g/mol. The molecule has 1 unspecified atom stereocenters. The van der Waals surface area contributed by atoms with Gasteiger partial charge in [-0.1, -0.05) is 43.7 Å². The summed E-state index contributed by atoms with van der Waals surface area (Å²) in [5.74, 6) is -0.180. The lowest BCUT2D eigenvalue weighted by molar-refractivity contribution is -0.274. The van der Waals surface area contributed by atoms with Crippen LogP contribution in [0, 0.1) is 0 Å². The van der Waals surface area contributed by atoms with Gasteiger partial charge in [0, 0.05) is 12.1 Å². The van der Waals surface area contributed by atoms with Gasteiger partial charge in [-0.2, -0.15) is 0 Å². The normalized spacial score (nSPS) is 12.4. The number of ether oxygens (including phenoxy) is 2. The van der Waals surface area contributed by atoms with E-state index < -0.39 is 18.4 Å². The van der Waals surface area contributed by atoms with Crippen LogP contribution in [-0.2, 0) is 17.8 Å². The number of rotatable bonds is 11. The number of para-hydroxylation sites is 3. The third-order valence-corrected chi connectivity index (χ3v) is 5.94. The summed E-state index contributed by atoms with van der Waals surface area (Å²) in [6, 6.07) is 20.5. The van der Waals surface area contributed by atoms with Crippen LogP contribution < -0.4 is 9.47 Å². The molecule has 3 aromatic carbocycles. The predicted molar refractivity (Wildman–Crippen MR) is 134 cm³/mol. The second-order valence-electron chi connectivity index (χ2n) is 8.59. The first kappa shape index (κ1) is 26.1. The molecule has 6 nitrogen and oxygen atoms in total. The topological polar surface area (TPSA) is 73.6 Å². The summed E-state index contributed by atoms with van der Waals surface area (Å²) in [6.07, 6.45) is -3.13. The number of alkyl halides is 3. The molecule has 0 spiro atoms. The molecular weight excluding hydrogens is 485 g/mol. The number of imidazole rings is 1. The van der Waals surface area contributed by atoms with Crippen LogP contribution in [-0.4, -0.2) is 33.1 Å². The van der Waals surface area contributed by atoms with Crippen LogP contribution in [0.1, 0.15) is 31.7 Å². The van der Waals surface area contributed by atoms with Crippen molar-refractivity contribution in [1.82, 2.24) is 9.55 Å². The summed E-state index contributed by atoms with van der Waals surface area (Å²) < 4.78 is 49.6. The second-order valence-corrected chi connectivity index (χ2v) is 8.59. The molecule has 1 N–H and O–H groups in total. The zero-order valence-electron chi connectivity index (χ0n) is 20.2. The number of aryl methyl sites for hydroxylation is 2. The van der Waals surface area contributed by atoms with Gasteiger partial charge in [-0.3, -0.25) is 0 Å². The van der Waals surface area contributed by atoms with Crippen molar-refractivity contribution in [3.8, 4) is 22.9 Å². The Morgan fingerprint density at radius 2 is 1.73 bits per heavy atom. The molecule has 1 aromatic heterocycles. The second kappa shape index (κ2) is 11.4. The highest BCUT2D eigenvalue weighted by molar-refractivity contribution is 5.80. The smallest absolute Gasteiger partial charge is 0.479 e. The van der Waals surface area contributed by atoms with Crippen LogP contribution in [0.2, 0.25) is 0 Å². The van der Waals surface area contributed by atoms with Gasteiger partial charge in [-0.05, 0) is 67.3 Å². The lowest BCUT2D eigenvalue weighted by atomic mass is 10.1. The summed E-state index contributed by atoms with van der Waals surface area (Å²) in [7, 11) is 0. The highest BCUT2D eigenvalue weighted by atomic mass is 19.4. The molecule has 37 heavy (non-hydrogen) atoms. The van der Waals surface area contributed by atoms with Crippen LogP contribution in [0.3, 0.4) is 0 Å². The number of hydrogen-bond acceptors (Lipinski definition) is 4. The predicted octanol–water partition coefficient (Wildman–Crippen LogP) is 6.87. The molecule has 194 valence electrons. The first-order valence-electron chi connectivity index (χ1n) is 12.0. The molecule has 0 radical (unpaired) electrons. The standard InChI is InChI=1S/C28H27F3N2O4/c1-2-3-11-25(27(34)35)36-24-12-7-4-8-19(24)17-18-33-23-10-6-5-9-22(23)32-26(33)20-13-15-21(16-14-20)37-28(29,30)31/h4-10,12-16,25H,2-3,11,17-18H2,1H3,(H,34,35). The van der Waals surface area contributed by atoms with Gasteiger partial charge >= 0.3 is 12.3 Å². The van der Waals surface area contributed by atoms with E-state index in [1.54, 1.807) is 24.3 Å². The number of unbranched alkanes of at least 4 members (excludes halogenated alkanes) is 1. The summed E-state index contributed by atoms with van der Waals surface area (Å²) >= 11 is 0. The molecule has 1 heterocycles. The lowest BCUT2D eigenvalue weighted by Gasteiger charge is -2.18. The third kappa shape index (κ3) is 6.61. The van der Waals surface area contributed by atoms with Gasteiger partial charge in [0.15, 0.2) is 6.10 Å². The molecule has 1 atom stereocenters. The van der Waals surface area contributed by atoms with Gasteiger partial charge in [-0.15, -0.1) is 13.2 Å². The molecule has 0 saturated carbocycles. The van der Waals surface area contributed by atoms with Gasteiger partial charge in [0.1, 0.15) is 17.3 Å². The van der Waals surface area contributed by atoms with Crippen molar-refractivity contribution in [3.63, 3.8) is 0 Å². The van der Waals surface area contributed by atoms with E-state index in [1.807, 2.05) is 47.9 Å². The number of fused-ring (bicyclic) bond motifs is 1. The maximum atomic E-state index is 12.6. The van der Waals surface area contributed by atoms with E-state index in [0.29, 0.717) is 36.5 Å². The first-order chi connectivity index (χ1) is 17.7. The van der Waals surface area contributed by atoms with Crippen LogP contribution in [0.25, 0.3) is 22.4 Å². The van der Waals surface area contributed by atoms with E-state index >= 15 is 0 Å². The number of aliphatic carboxylic acids is 1. The van der Waals surface area contributed by atoms with E-state index in [1.165, 1.54) is 12.1 Å². The molecule has 0 fully saturated rings. The Balaban J connectivity index is 1.61. The lowest BCUT2D eigenvalue weighted by Crippen LogP contribution is -2.27. The largest absolute Gasteiger partial charge is 0.573 e. The molecule has 4 rings (SSSR count). The van der Waals surface area contributed by atoms with Crippen molar-refractivity contribution in [3.05, 3.63) is 78.4 Å². The van der Waals surface area contributed by atoms with E-state index in [4.69, 9.17) is 9.72 Å². The number of carboxylic acid groups (broad SMARTS) is 1. The number of carboxylic acids is 1. The number of halogens is 3. The Bertz CT molecular complexity index is 1350. The monoisotopic (exact) mass is 512 g/mol. The average Bonchev–Trinajstić information content (AvgIpc) is 3.23. The number of hydrogen-bond donors (Lipinski definition) is 1. The number of benzene rings is 3. The zero-order valence-corrected chi connectivity index (χ0v) is 20.2. The molecule has 0 saturated heterocycles. The fourth-order valence-electron chi connectivity index (χ4n) is 4.16. The van der Waals surface area contributed by atoms with Gasteiger partial charge in [0.05, 0.1) is 11.0 Å². The highest BCUT2D eigenvalue weighted by Gasteiger charge is 2.31. The number of aromatic nitrogens is 2. The summed E-state index contributed by atoms with van der Waals surface area (Å²) in [4.78, 5) is 16.4. The van der Waals surface area contributed by atoms with Crippen molar-refractivity contribution in [1.29, 1.82) is 0 Å². The molecule has 9 heteroatoms. The Morgan fingerprint density at radius 1 is 1.03 bits per heavy atom. The Morgan fingerprint density at radius 3 is 2.43 bits per heavy atom. The van der Waals surface area contributed by atoms with Gasteiger partial charge < -0.3 is 19.1 Å². The van der Waals surface area contributed by atoms with E-state index in [2.05, 4.69) is 4.74 Å². The van der Waals surface area contributed by atoms with Crippen molar-refractivity contribution < 1.29 is 32.5 Å².